The molecule has 0 heterocycles. The molecule has 4 nitrogen and oxygen atoms in total. The van der Waals surface area contributed by atoms with Crippen molar-refractivity contribution in [3.8, 4) is 0 Å². The van der Waals surface area contributed by atoms with Gasteiger partial charge >= 0.3 is 0 Å². The summed E-state index contributed by atoms with van der Waals surface area (Å²) in [5.74, 6) is -0.390. The number of nitrogens with zero attached hydrogens (tertiary/aromatic N) is 1. The molecule has 1 N–H and O–H groups in total. The van der Waals surface area contributed by atoms with Crippen LogP contribution in [0.1, 0.15) is 18.9 Å². The van der Waals surface area contributed by atoms with Crippen LogP contribution < -0.4 is 5.32 Å². The van der Waals surface area contributed by atoms with E-state index in [2.05, 4.69) is 10.5 Å². The number of benzene rings is 2. The zero-order valence-electron chi connectivity index (χ0n) is 13.4. The first kappa shape index (κ1) is 18.3. The lowest BCUT2D eigenvalue weighted by Crippen LogP contribution is -2.23. The fourth-order valence-electron chi connectivity index (χ4n) is 2.16. The second kappa shape index (κ2) is 8.71. The second-order valence-corrected chi connectivity index (χ2v) is 6.12. The average Bonchev–Trinajstić information content (AvgIpc) is 2.57. The van der Waals surface area contributed by atoms with Crippen LogP contribution in [-0.4, -0.2) is 18.7 Å². The smallest absolute Gasteiger partial charge is 0.227 e. The number of hydrogen-bond acceptors (Lipinski definition) is 3. The first-order valence-electron chi connectivity index (χ1n) is 7.42. The van der Waals surface area contributed by atoms with Crippen LogP contribution in [0.15, 0.2) is 53.7 Å². The average molecular weight is 365 g/mol. The van der Waals surface area contributed by atoms with Gasteiger partial charge in [0, 0.05) is 23.6 Å². The predicted octanol–water partition coefficient (Wildman–Crippen LogP) is 5.01. The summed E-state index contributed by atoms with van der Waals surface area (Å²) in [6.07, 6.45) is 0.407. The molecule has 0 fully saturated rings. The summed E-state index contributed by atoms with van der Waals surface area (Å²) in [6.45, 7) is 1.83. The van der Waals surface area contributed by atoms with Crippen molar-refractivity contribution in [3.05, 3.63) is 64.1 Å². The topological polar surface area (TPSA) is 50.7 Å². The Bertz CT molecular complexity index is 733. The molecule has 0 saturated heterocycles. The van der Waals surface area contributed by atoms with E-state index in [4.69, 9.17) is 28.0 Å². The third-order valence-corrected chi connectivity index (χ3v) is 4.18. The van der Waals surface area contributed by atoms with Gasteiger partial charge in [0.15, 0.2) is 0 Å². The fraction of sp³-hybridized carbons (Fsp3) is 0.222. The molecule has 0 aliphatic rings. The van der Waals surface area contributed by atoms with Crippen LogP contribution >= 0.6 is 23.2 Å². The highest BCUT2D eigenvalue weighted by atomic mass is 35.5. The maximum atomic E-state index is 12.4. The van der Waals surface area contributed by atoms with E-state index in [1.807, 2.05) is 37.3 Å². The number of anilines is 1. The number of nitrogens with one attached hydrogen (secondary N) is 1. The van der Waals surface area contributed by atoms with Gasteiger partial charge in [0.25, 0.3) is 0 Å². The maximum absolute atomic E-state index is 12.4. The summed E-state index contributed by atoms with van der Waals surface area (Å²) in [7, 11) is 1.46. The Hall–Kier alpha value is -2.04. The van der Waals surface area contributed by atoms with E-state index in [1.165, 1.54) is 7.11 Å². The molecule has 0 aliphatic heterocycles. The van der Waals surface area contributed by atoms with Crippen molar-refractivity contribution >= 4 is 40.5 Å². The van der Waals surface area contributed by atoms with Gasteiger partial charge in [0.2, 0.25) is 5.91 Å². The lowest BCUT2D eigenvalue weighted by molar-refractivity contribution is -0.119. The molecule has 0 spiro atoms. The van der Waals surface area contributed by atoms with E-state index >= 15 is 0 Å². The van der Waals surface area contributed by atoms with Gasteiger partial charge in [-0.05, 0) is 24.3 Å². The number of oxime groups is 1. The monoisotopic (exact) mass is 364 g/mol. The highest BCUT2D eigenvalue weighted by Crippen LogP contribution is 2.24. The molecule has 0 radical (unpaired) electrons. The first-order valence-corrected chi connectivity index (χ1v) is 8.18. The van der Waals surface area contributed by atoms with Crippen LogP contribution in [0.5, 0.6) is 0 Å². The molecule has 0 aliphatic carbocycles. The van der Waals surface area contributed by atoms with Gasteiger partial charge in [0.1, 0.15) is 7.11 Å². The minimum atomic E-state index is -0.298. The summed E-state index contributed by atoms with van der Waals surface area (Å²) in [6, 6.07) is 14.5. The van der Waals surface area contributed by atoms with Gasteiger partial charge in [-0.3, -0.25) is 4.79 Å². The lowest BCUT2D eigenvalue weighted by atomic mass is 9.98. The van der Waals surface area contributed by atoms with Crippen LogP contribution in [0.2, 0.25) is 10.0 Å². The molecule has 2 aromatic carbocycles. The van der Waals surface area contributed by atoms with E-state index in [0.717, 1.165) is 11.3 Å². The van der Waals surface area contributed by atoms with E-state index in [-0.39, 0.29) is 11.8 Å². The number of para-hydroxylation sites is 1. The summed E-state index contributed by atoms with van der Waals surface area (Å²) in [5, 5.41) is 7.80. The van der Waals surface area contributed by atoms with Crippen LogP contribution in [0.4, 0.5) is 5.69 Å². The van der Waals surface area contributed by atoms with E-state index in [9.17, 15) is 4.79 Å². The van der Waals surface area contributed by atoms with Gasteiger partial charge in [-0.15, -0.1) is 0 Å². The summed E-state index contributed by atoms with van der Waals surface area (Å²) >= 11 is 12.0. The van der Waals surface area contributed by atoms with Crippen molar-refractivity contribution in [3.63, 3.8) is 0 Å². The van der Waals surface area contributed by atoms with Gasteiger partial charge in [-0.1, -0.05) is 59.5 Å². The van der Waals surface area contributed by atoms with Crippen LogP contribution in [0.25, 0.3) is 0 Å². The second-order valence-electron chi connectivity index (χ2n) is 5.31. The predicted molar refractivity (Wildman–Crippen MR) is 98.9 cm³/mol. The Balaban J connectivity index is 2.10. The maximum Gasteiger partial charge on any atom is 0.227 e. The van der Waals surface area contributed by atoms with Crippen molar-refractivity contribution in [1.82, 2.24) is 0 Å². The van der Waals surface area contributed by atoms with Crippen molar-refractivity contribution in [1.29, 1.82) is 0 Å². The largest absolute Gasteiger partial charge is 0.399 e. The van der Waals surface area contributed by atoms with E-state index in [0.29, 0.717) is 22.2 Å². The van der Waals surface area contributed by atoms with Gasteiger partial charge in [-0.2, -0.15) is 0 Å². The van der Waals surface area contributed by atoms with Gasteiger partial charge in [0.05, 0.1) is 15.8 Å². The highest BCUT2D eigenvalue weighted by molar-refractivity contribution is 6.42. The quantitative estimate of drug-likeness (QED) is 0.578. The van der Waals surface area contributed by atoms with Crippen molar-refractivity contribution in [2.75, 3.05) is 12.4 Å². The molecule has 24 heavy (non-hydrogen) atoms. The van der Waals surface area contributed by atoms with Crippen molar-refractivity contribution in [2.45, 2.75) is 13.3 Å². The molecule has 2 aromatic rings. The van der Waals surface area contributed by atoms with Gasteiger partial charge in [-0.25, -0.2) is 0 Å². The normalized spacial score (nSPS) is 12.6. The molecule has 0 saturated carbocycles. The summed E-state index contributed by atoms with van der Waals surface area (Å²) in [4.78, 5) is 17.3. The number of carbonyl (C=O) groups is 1. The van der Waals surface area contributed by atoms with E-state index in [1.54, 1.807) is 18.2 Å². The molecule has 1 atom stereocenters. The minimum Gasteiger partial charge on any atom is -0.399 e. The van der Waals surface area contributed by atoms with Gasteiger partial charge < -0.3 is 10.2 Å². The Kier molecular flexibility index (Phi) is 6.64. The van der Waals surface area contributed by atoms with Crippen molar-refractivity contribution in [2.24, 2.45) is 11.1 Å². The summed E-state index contributed by atoms with van der Waals surface area (Å²) in [5.41, 5.74) is 2.16. The molecular formula is C18H18Cl2N2O2. The fourth-order valence-corrected chi connectivity index (χ4v) is 2.46. The van der Waals surface area contributed by atoms with Crippen molar-refractivity contribution < 1.29 is 9.63 Å². The highest BCUT2D eigenvalue weighted by Gasteiger charge is 2.18. The lowest BCUT2D eigenvalue weighted by Gasteiger charge is -2.14. The van der Waals surface area contributed by atoms with Crippen LogP contribution in [0.3, 0.4) is 0 Å². The third kappa shape index (κ3) is 4.98. The molecular weight excluding hydrogens is 347 g/mol. The molecule has 2 rings (SSSR count). The Morgan fingerprint density at radius 1 is 1.17 bits per heavy atom. The zero-order valence-corrected chi connectivity index (χ0v) is 14.9. The number of hydrogen-bond donors (Lipinski definition) is 1. The standard InChI is InChI=1S/C18H18Cl2N2O2/c1-12(18(23)21-14-6-4-3-5-7-14)10-17(22-24-2)13-8-9-15(19)16(20)11-13/h3-9,11-12H,10H2,1-2H3,(H,21,23)/b22-17+. The van der Waals surface area contributed by atoms with Crippen LogP contribution in [-0.2, 0) is 9.63 Å². The number of halogens is 2. The number of carbonyl (C=O) groups excluding carboxylic acids is 1. The molecule has 6 heteroatoms. The zero-order chi connectivity index (χ0) is 17.5. The summed E-state index contributed by atoms with van der Waals surface area (Å²) < 4.78 is 0. The SMILES string of the molecule is CO/N=C(\CC(C)C(=O)Nc1ccccc1)c1ccc(Cl)c(Cl)c1. The van der Waals surface area contributed by atoms with Crippen LogP contribution in [0, 0.1) is 5.92 Å². The molecule has 0 aromatic heterocycles. The van der Waals surface area contributed by atoms with E-state index < -0.39 is 0 Å². The Morgan fingerprint density at radius 2 is 1.88 bits per heavy atom. The molecule has 126 valence electrons. The Morgan fingerprint density at radius 3 is 2.50 bits per heavy atom. The Labute approximate surface area is 151 Å². The molecule has 1 unspecified atom stereocenters. The third-order valence-electron chi connectivity index (χ3n) is 3.44. The minimum absolute atomic E-state index is 0.0925. The number of amides is 1. The first-order chi connectivity index (χ1) is 11.5. The molecule has 0 bridgehead atoms. The molecule has 1 amide bonds. The number of rotatable bonds is 6.